The molecular weight excluding hydrogens is 308 g/mol. The van der Waals surface area contributed by atoms with Crippen molar-refractivity contribution in [2.45, 2.75) is 53.5 Å². The van der Waals surface area contributed by atoms with Gasteiger partial charge in [-0.3, -0.25) is 9.48 Å². The highest BCUT2D eigenvalue weighted by atomic mass is 32.1. The smallest absolute Gasteiger partial charge is 0.225 e. The van der Waals surface area contributed by atoms with Crippen molar-refractivity contribution >= 4 is 17.2 Å². The van der Waals surface area contributed by atoms with Crippen molar-refractivity contribution in [1.82, 2.24) is 20.1 Å². The van der Waals surface area contributed by atoms with Crippen molar-refractivity contribution in [3.63, 3.8) is 0 Å². The summed E-state index contributed by atoms with van der Waals surface area (Å²) in [5.41, 5.74) is 3.41. The van der Waals surface area contributed by atoms with E-state index < -0.39 is 0 Å². The van der Waals surface area contributed by atoms with Gasteiger partial charge in [-0.1, -0.05) is 0 Å². The number of nitrogens with one attached hydrogen (secondary N) is 1. The second kappa shape index (κ2) is 6.07. The van der Waals surface area contributed by atoms with Crippen LogP contribution in [0.25, 0.3) is 0 Å². The van der Waals surface area contributed by atoms with Crippen molar-refractivity contribution < 1.29 is 4.79 Å². The van der Waals surface area contributed by atoms with Crippen LogP contribution in [-0.4, -0.2) is 27.2 Å². The normalized spacial score (nSPS) is 15.7. The highest BCUT2D eigenvalue weighted by molar-refractivity contribution is 7.11. The monoisotopic (exact) mass is 332 g/mol. The van der Waals surface area contributed by atoms with E-state index in [4.69, 9.17) is 0 Å². The quantitative estimate of drug-likeness (QED) is 0.885. The minimum atomic E-state index is 0.0939. The molecule has 6 heteroatoms. The Kier molecular flexibility index (Phi) is 4.27. The molecule has 0 spiro atoms. The van der Waals surface area contributed by atoms with Gasteiger partial charge in [-0.2, -0.15) is 5.10 Å². The maximum absolute atomic E-state index is 12.2. The SMILES string of the molecule is Cc1cc(C)n(CC2(CNC(=O)Cc3sc(C)nc3C)CC2)n1. The number of hydrogen-bond donors (Lipinski definition) is 1. The number of rotatable bonds is 6. The molecule has 1 N–H and O–H groups in total. The molecule has 5 nitrogen and oxygen atoms in total. The van der Waals surface area contributed by atoms with Crippen LogP contribution in [0, 0.1) is 33.1 Å². The fourth-order valence-corrected chi connectivity index (χ4v) is 3.89. The molecule has 0 unspecified atom stereocenters. The van der Waals surface area contributed by atoms with Crippen LogP contribution in [0.3, 0.4) is 0 Å². The van der Waals surface area contributed by atoms with Crippen LogP contribution < -0.4 is 5.32 Å². The van der Waals surface area contributed by atoms with Gasteiger partial charge in [0, 0.05) is 29.1 Å². The molecule has 0 saturated heterocycles. The summed E-state index contributed by atoms with van der Waals surface area (Å²) < 4.78 is 2.07. The first-order valence-electron chi connectivity index (χ1n) is 8.08. The molecule has 2 aromatic heterocycles. The zero-order valence-electron chi connectivity index (χ0n) is 14.3. The second-order valence-electron chi connectivity index (χ2n) is 6.78. The van der Waals surface area contributed by atoms with Crippen molar-refractivity contribution in [2.75, 3.05) is 6.54 Å². The third-order valence-electron chi connectivity index (χ3n) is 4.53. The van der Waals surface area contributed by atoms with E-state index in [1.165, 1.54) is 5.69 Å². The summed E-state index contributed by atoms with van der Waals surface area (Å²) in [5, 5.41) is 8.68. The molecule has 1 saturated carbocycles. The van der Waals surface area contributed by atoms with Crippen LogP contribution in [0.15, 0.2) is 6.07 Å². The molecular formula is C17H24N4OS. The number of amides is 1. The Bertz CT molecular complexity index is 727. The van der Waals surface area contributed by atoms with Gasteiger partial charge in [-0.05, 0) is 46.6 Å². The number of nitrogens with zero attached hydrogens (tertiary/aromatic N) is 3. The highest BCUT2D eigenvalue weighted by Crippen LogP contribution is 2.46. The molecule has 2 heterocycles. The average molecular weight is 332 g/mol. The Balaban J connectivity index is 1.54. The molecule has 1 amide bonds. The van der Waals surface area contributed by atoms with Gasteiger partial charge in [0.25, 0.3) is 0 Å². The molecule has 3 rings (SSSR count). The Labute approximate surface area is 141 Å². The van der Waals surface area contributed by atoms with Gasteiger partial charge in [0.05, 0.1) is 22.8 Å². The van der Waals surface area contributed by atoms with Crippen LogP contribution in [-0.2, 0) is 17.8 Å². The standard InChI is InChI=1S/C17H24N4OS/c1-11-7-12(2)21(20-11)10-17(5-6-17)9-18-16(22)8-15-13(3)19-14(4)23-15/h7H,5-6,8-10H2,1-4H3,(H,18,22). The maximum Gasteiger partial charge on any atom is 0.225 e. The van der Waals surface area contributed by atoms with Crippen molar-refractivity contribution in [1.29, 1.82) is 0 Å². The summed E-state index contributed by atoms with van der Waals surface area (Å²) in [6.45, 7) is 9.68. The summed E-state index contributed by atoms with van der Waals surface area (Å²) in [4.78, 5) is 17.7. The summed E-state index contributed by atoms with van der Waals surface area (Å²) in [6, 6.07) is 2.10. The molecule has 2 aromatic rings. The minimum Gasteiger partial charge on any atom is -0.355 e. The number of aromatic nitrogens is 3. The van der Waals surface area contributed by atoms with Crippen molar-refractivity contribution in [2.24, 2.45) is 5.41 Å². The van der Waals surface area contributed by atoms with Gasteiger partial charge in [0.2, 0.25) is 5.91 Å². The topological polar surface area (TPSA) is 59.8 Å². The molecule has 0 aromatic carbocycles. The summed E-state index contributed by atoms with van der Waals surface area (Å²) in [7, 11) is 0. The van der Waals surface area contributed by atoms with Crippen LogP contribution in [0.5, 0.6) is 0 Å². The zero-order valence-corrected chi connectivity index (χ0v) is 15.1. The Morgan fingerprint density at radius 3 is 2.61 bits per heavy atom. The lowest BCUT2D eigenvalue weighted by molar-refractivity contribution is -0.120. The fourth-order valence-electron chi connectivity index (χ4n) is 2.95. The molecule has 23 heavy (non-hydrogen) atoms. The first-order chi connectivity index (χ1) is 10.9. The highest BCUT2D eigenvalue weighted by Gasteiger charge is 2.43. The Morgan fingerprint density at radius 2 is 2.09 bits per heavy atom. The van der Waals surface area contributed by atoms with E-state index in [1.54, 1.807) is 11.3 Å². The fraction of sp³-hybridized carbons (Fsp3) is 0.588. The van der Waals surface area contributed by atoms with Gasteiger partial charge in [0.1, 0.15) is 0 Å². The molecule has 1 aliphatic rings. The summed E-state index contributed by atoms with van der Waals surface area (Å²) >= 11 is 1.61. The third kappa shape index (κ3) is 3.80. The second-order valence-corrected chi connectivity index (χ2v) is 8.07. The van der Waals surface area contributed by atoms with Gasteiger partial charge >= 0.3 is 0 Å². The summed E-state index contributed by atoms with van der Waals surface area (Å²) in [5.74, 6) is 0.0939. The van der Waals surface area contributed by atoms with E-state index >= 15 is 0 Å². The number of hydrogen-bond acceptors (Lipinski definition) is 4. The zero-order chi connectivity index (χ0) is 16.6. The molecule has 124 valence electrons. The predicted molar refractivity (Wildman–Crippen MR) is 91.7 cm³/mol. The number of carbonyl (C=O) groups excluding carboxylic acids is 1. The first-order valence-corrected chi connectivity index (χ1v) is 8.89. The van der Waals surface area contributed by atoms with Gasteiger partial charge in [0.15, 0.2) is 0 Å². The molecule has 0 aliphatic heterocycles. The minimum absolute atomic E-state index is 0.0939. The van der Waals surface area contributed by atoms with Gasteiger partial charge in [-0.25, -0.2) is 4.98 Å². The lowest BCUT2D eigenvalue weighted by atomic mass is 10.1. The van der Waals surface area contributed by atoms with Crippen molar-refractivity contribution in [3.05, 3.63) is 33.0 Å². The van der Waals surface area contributed by atoms with Gasteiger partial charge < -0.3 is 5.32 Å². The molecule has 1 aliphatic carbocycles. The first kappa shape index (κ1) is 16.2. The number of carbonyl (C=O) groups is 1. The van der Waals surface area contributed by atoms with E-state index in [0.29, 0.717) is 6.42 Å². The number of thiazole rings is 1. The van der Waals surface area contributed by atoms with Crippen LogP contribution in [0.4, 0.5) is 0 Å². The van der Waals surface area contributed by atoms with E-state index in [2.05, 4.69) is 33.1 Å². The van der Waals surface area contributed by atoms with Crippen molar-refractivity contribution in [3.8, 4) is 0 Å². The van der Waals surface area contributed by atoms with E-state index in [-0.39, 0.29) is 11.3 Å². The van der Waals surface area contributed by atoms with Crippen LogP contribution >= 0.6 is 11.3 Å². The largest absolute Gasteiger partial charge is 0.355 e. The third-order valence-corrected chi connectivity index (χ3v) is 5.60. The Hall–Kier alpha value is -1.69. The average Bonchev–Trinajstić information content (AvgIpc) is 3.06. The van der Waals surface area contributed by atoms with E-state index in [1.807, 2.05) is 20.8 Å². The predicted octanol–water partition coefficient (Wildman–Crippen LogP) is 2.71. The summed E-state index contributed by atoms with van der Waals surface area (Å²) in [6.07, 6.45) is 2.75. The van der Waals surface area contributed by atoms with Crippen LogP contribution in [0.1, 0.15) is 39.8 Å². The lowest BCUT2D eigenvalue weighted by Gasteiger charge is -2.17. The molecule has 0 radical (unpaired) electrons. The van der Waals surface area contributed by atoms with Crippen LogP contribution in [0.2, 0.25) is 0 Å². The maximum atomic E-state index is 12.2. The Morgan fingerprint density at radius 1 is 1.35 bits per heavy atom. The lowest BCUT2D eigenvalue weighted by Crippen LogP contribution is -2.33. The molecule has 1 fully saturated rings. The van der Waals surface area contributed by atoms with E-state index in [0.717, 1.165) is 47.2 Å². The molecule has 0 atom stereocenters. The van der Waals surface area contributed by atoms with Gasteiger partial charge in [-0.15, -0.1) is 11.3 Å². The molecule has 0 bridgehead atoms. The number of aryl methyl sites for hydroxylation is 4. The van der Waals surface area contributed by atoms with E-state index in [9.17, 15) is 4.79 Å².